The van der Waals surface area contributed by atoms with Crippen LogP contribution in [-0.4, -0.2) is 27.4 Å². The third-order valence-electron chi connectivity index (χ3n) is 3.07. The van der Waals surface area contributed by atoms with Crippen molar-refractivity contribution in [1.29, 1.82) is 0 Å². The molecule has 0 fully saturated rings. The van der Waals surface area contributed by atoms with Crippen molar-refractivity contribution >= 4 is 11.6 Å². The summed E-state index contributed by atoms with van der Waals surface area (Å²) in [7, 11) is 0. The zero-order chi connectivity index (χ0) is 15.2. The first-order valence-corrected chi connectivity index (χ1v) is 7.21. The highest BCUT2D eigenvalue weighted by Crippen LogP contribution is 2.16. The molecule has 0 aliphatic carbocycles. The summed E-state index contributed by atoms with van der Waals surface area (Å²) in [6.45, 7) is 4.56. The number of hydrogen-bond acceptors (Lipinski definition) is 5. The van der Waals surface area contributed by atoms with Crippen molar-refractivity contribution in [2.24, 2.45) is 5.84 Å². The molecule has 7 heteroatoms. The fourth-order valence-electron chi connectivity index (χ4n) is 1.97. The van der Waals surface area contributed by atoms with Crippen LogP contribution in [0.3, 0.4) is 0 Å². The Morgan fingerprint density at radius 1 is 1.33 bits per heavy atom. The van der Waals surface area contributed by atoms with Crippen LogP contribution < -0.4 is 16.0 Å². The molecule has 1 aromatic heterocycles. The van der Waals surface area contributed by atoms with Crippen LogP contribution in [0.5, 0.6) is 5.75 Å². The fraction of sp³-hybridized carbons (Fsp3) is 0.429. The maximum Gasteiger partial charge on any atom is 0.138 e. The Morgan fingerprint density at radius 2 is 2.05 bits per heavy atom. The number of nitrogens with zero attached hydrogens (tertiary/aromatic N) is 3. The van der Waals surface area contributed by atoms with Crippen LogP contribution in [0.2, 0.25) is 5.02 Å². The van der Waals surface area contributed by atoms with E-state index in [2.05, 4.69) is 29.4 Å². The topological polar surface area (TPSA) is 78.0 Å². The predicted octanol–water partition coefficient (Wildman–Crippen LogP) is 1.97. The van der Waals surface area contributed by atoms with Gasteiger partial charge in [0, 0.05) is 17.5 Å². The van der Waals surface area contributed by atoms with E-state index in [4.69, 9.17) is 22.2 Å². The van der Waals surface area contributed by atoms with E-state index >= 15 is 0 Å². The molecule has 0 bridgehead atoms. The average Bonchev–Trinajstić information content (AvgIpc) is 2.93. The smallest absolute Gasteiger partial charge is 0.138 e. The zero-order valence-corrected chi connectivity index (χ0v) is 12.9. The minimum Gasteiger partial charge on any atom is -0.492 e. The monoisotopic (exact) mass is 309 g/mol. The number of ether oxygens (including phenoxy) is 1. The lowest BCUT2D eigenvalue weighted by Crippen LogP contribution is -2.41. The number of nitrogens with two attached hydrogens (primary N) is 1. The molecule has 0 amide bonds. The van der Waals surface area contributed by atoms with Gasteiger partial charge in [-0.1, -0.05) is 11.6 Å². The SMILES string of the molecule is CC(C)n1ncnc1CC(COc1ccc(Cl)cc1)NN. The summed E-state index contributed by atoms with van der Waals surface area (Å²) in [5.74, 6) is 7.23. The average molecular weight is 310 g/mol. The molecule has 1 heterocycles. The quantitative estimate of drug-likeness (QED) is 0.604. The maximum absolute atomic E-state index is 5.84. The third kappa shape index (κ3) is 4.42. The Labute approximate surface area is 129 Å². The third-order valence-corrected chi connectivity index (χ3v) is 3.32. The number of benzene rings is 1. The molecular weight excluding hydrogens is 290 g/mol. The van der Waals surface area contributed by atoms with Crippen molar-refractivity contribution in [1.82, 2.24) is 20.2 Å². The summed E-state index contributed by atoms with van der Waals surface area (Å²) < 4.78 is 7.59. The summed E-state index contributed by atoms with van der Waals surface area (Å²) in [5, 5.41) is 4.89. The van der Waals surface area contributed by atoms with Gasteiger partial charge >= 0.3 is 0 Å². The van der Waals surface area contributed by atoms with Crippen molar-refractivity contribution in [2.75, 3.05) is 6.61 Å². The molecule has 1 unspecified atom stereocenters. The maximum atomic E-state index is 5.84. The molecular formula is C14H20ClN5O. The normalized spacial score (nSPS) is 12.6. The van der Waals surface area contributed by atoms with Gasteiger partial charge in [-0.3, -0.25) is 11.3 Å². The van der Waals surface area contributed by atoms with Gasteiger partial charge in [0.1, 0.15) is 24.5 Å². The van der Waals surface area contributed by atoms with Crippen LogP contribution in [0.25, 0.3) is 0 Å². The molecule has 114 valence electrons. The number of nitrogens with one attached hydrogen (secondary N) is 1. The van der Waals surface area contributed by atoms with E-state index < -0.39 is 0 Å². The largest absolute Gasteiger partial charge is 0.492 e. The van der Waals surface area contributed by atoms with Crippen molar-refractivity contribution in [2.45, 2.75) is 32.4 Å². The molecule has 6 nitrogen and oxygen atoms in total. The van der Waals surface area contributed by atoms with Crippen LogP contribution in [0.15, 0.2) is 30.6 Å². The molecule has 0 saturated heterocycles. The Morgan fingerprint density at radius 3 is 2.67 bits per heavy atom. The number of hydrogen-bond donors (Lipinski definition) is 2. The first kappa shape index (κ1) is 15.8. The Kier molecular flexibility index (Phi) is 5.55. The molecule has 0 aliphatic heterocycles. The Bertz CT molecular complexity index is 555. The first-order chi connectivity index (χ1) is 10.1. The van der Waals surface area contributed by atoms with Gasteiger partial charge in [0.15, 0.2) is 0 Å². The van der Waals surface area contributed by atoms with Crippen LogP contribution in [0.4, 0.5) is 0 Å². The Balaban J connectivity index is 1.94. The van der Waals surface area contributed by atoms with Gasteiger partial charge in [0.25, 0.3) is 0 Å². The summed E-state index contributed by atoms with van der Waals surface area (Å²) in [5.41, 5.74) is 2.76. The molecule has 0 spiro atoms. The molecule has 0 aliphatic rings. The lowest BCUT2D eigenvalue weighted by atomic mass is 10.2. The highest BCUT2D eigenvalue weighted by Gasteiger charge is 2.15. The van der Waals surface area contributed by atoms with Gasteiger partial charge in [0.2, 0.25) is 0 Å². The van der Waals surface area contributed by atoms with Gasteiger partial charge < -0.3 is 4.74 Å². The minimum absolute atomic E-state index is 0.0534. The predicted molar refractivity (Wildman–Crippen MR) is 82.2 cm³/mol. The van der Waals surface area contributed by atoms with Crippen molar-refractivity contribution in [3.63, 3.8) is 0 Å². The summed E-state index contributed by atoms with van der Waals surface area (Å²) in [4.78, 5) is 4.28. The van der Waals surface area contributed by atoms with E-state index in [0.29, 0.717) is 18.1 Å². The molecule has 0 saturated carbocycles. The second kappa shape index (κ2) is 7.40. The van der Waals surface area contributed by atoms with Gasteiger partial charge in [-0.25, -0.2) is 9.67 Å². The molecule has 2 rings (SSSR count). The zero-order valence-electron chi connectivity index (χ0n) is 12.2. The first-order valence-electron chi connectivity index (χ1n) is 6.83. The number of aromatic nitrogens is 3. The number of hydrazine groups is 1. The van der Waals surface area contributed by atoms with Gasteiger partial charge in [-0.05, 0) is 38.1 Å². The fourth-order valence-corrected chi connectivity index (χ4v) is 2.09. The highest BCUT2D eigenvalue weighted by molar-refractivity contribution is 6.30. The summed E-state index contributed by atoms with van der Waals surface area (Å²) in [6, 6.07) is 7.44. The lowest BCUT2D eigenvalue weighted by molar-refractivity contribution is 0.260. The second-order valence-electron chi connectivity index (χ2n) is 5.05. The second-order valence-corrected chi connectivity index (χ2v) is 5.48. The van der Waals surface area contributed by atoms with Gasteiger partial charge in [-0.2, -0.15) is 5.10 Å². The van der Waals surface area contributed by atoms with Crippen molar-refractivity contribution in [3.8, 4) is 5.75 Å². The summed E-state index contributed by atoms with van der Waals surface area (Å²) in [6.07, 6.45) is 2.20. The van der Waals surface area contributed by atoms with Crippen LogP contribution >= 0.6 is 11.6 Å². The number of rotatable bonds is 7. The number of halogens is 1. The van der Waals surface area contributed by atoms with E-state index in [-0.39, 0.29) is 12.1 Å². The van der Waals surface area contributed by atoms with Gasteiger partial charge in [-0.15, -0.1) is 0 Å². The van der Waals surface area contributed by atoms with Crippen molar-refractivity contribution < 1.29 is 4.74 Å². The molecule has 21 heavy (non-hydrogen) atoms. The molecule has 0 radical (unpaired) electrons. The van der Waals surface area contributed by atoms with Crippen LogP contribution in [0, 0.1) is 0 Å². The van der Waals surface area contributed by atoms with Crippen LogP contribution in [-0.2, 0) is 6.42 Å². The Hall–Kier alpha value is -1.63. The molecule has 3 N–H and O–H groups in total. The van der Waals surface area contributed by atoms with E-state index in [1.54, 1.807) is 18.5 Å². The van der Waals surface area contributed by atoms with Crippen LogP contribution in [0.1, 0.15) is 25.7 Å². The standard InChI is InChI=1S/C14H20ClN5O/c1-10(2)20-14(17-9-18-20)7-12(19-16)8-21-13-5-3-11(15)4-6-13/h3-6,9-10,12,19H,7-8,16H2,1-2H3. The summed E-state index contributed by atoms with van der Waals surface area (Å²) >= 11 is 5.84. The molecule has 2 aromatic rings. The van der Waals surface area contributed by atoms with E-state index in [0.717, 1.165) is 11.6 Å². The van der Waals surface area contributed by atoms with Crippen molar-refractivity contribution in [3.05, 3.63) is 41.4 Å². The molecule has 1 aromatic carbocycles. The van der Waals surface area contributed by atoms with E-state index in [9.17, 15) is 0 Å². The lowest BCUT2D eigenvalue weighted by Gasteiger charge is -2.17. The van der Waals surface area contributed by atoms with Gasteiger partial charge in [0.05, 0.1) is 6.04 Å². The highest BCUT2D eigenvalue weighted by atomic mass is 35.5. The van der Waals surface area contributed by atoms with E-state index in [1.807, 2.05) is 16.8 Å². The molecule has 1 atom stereocenters. The van der Waals surface area contributed by atoms with E-state index in [1.165, 1.54) is 0 Å². The minimum atomic E-state index is -0.0534.